The van der Waals surface area contributed by atoms with Gasteiger partial charge in [0.1, 0.15) is 39.9 Å². The third-order valence-corrected chi connectivity index (χ3v) is 12.0. The summed E-state index contributed by atoms with van der Waals surface area (Å²) in [5, 5.41) is 8.12. The Morgan fingerprint density at radius 1 is 0.662 bits per heavy atom. The predicted octanol–water partition coefficient (Wildman–Crippen LogP) is 12.2. The van der Waals surface area contributed by atoms with Crippen molar-refractivity contribution < 1.29 is 14.3 Å². The average Bonchev–Trinajstić information content (AvgIpc) is 4.04. The number of amides is 1. The maximum absolute atomic E-state index is 11.8. The number of halogens is 6. The lowest BCUT2D eigenvalue weighted by molar-refractivity contribution is -0.270. The van der Waals surface area contributed by atoms with Crippen LogP contribution in [0.3, 0.4) is 0 Å². The normalized spacial score (nSPS) is 11.1. The first-order valence-corrected chi connectivity index (χ1v) is 22.8. The van der Waals surface area contributed by atoms with Gasteiger partial charge in [0.25, 0.3) is 5.91 Å². The molecule has 0 saturated carbocycles. The maximum atomic E-state index is 11.8. The summed E-state index contributed by atoms with van der Waals surface area (Å²) in [5.74, 6) is 0.114. The molecule has 0 aliphatic rings. The molecule has 0 spiro atoms. The van der Waals surface area contributed by atoms with E-state index in [0.717, 1.165) is 33.2 Å². The van der Waals surface area contributed by atoms with Gasteiger partial charge in [0.05, 0.1) is 15.7 Å². The molecule has 68 heavy (non-hydrogen) atoms. The topological polar surface area (TPSA) is 156 Å². The van der Waals surface area contributed by atoms with Gasteiger partial charge < -0.3 is 20.9 Å². The maximum Gasteiger partial charge on any atom is 0.268 e. The highest BCUT2D eigenvalue weighted by molar-refractivity contribution is 6.36. The zero-order chi connectivity index (χ0) is 49.3. The van der Waals surface area contributed by atoms with Crippen LogP contribution in [0.4, 0.5) is 0 Å². The number of carbonyl (C=O) groups is 1. The van der Waals surface area contributed by atoms with Crippen LogP contribution in [-0.4, -0.2) is 78.6 Å². The third-order valence-electron chi connectivity index (χ3n) is 10.4. The van der Waals surface area contributed by atoms with Gasteiger partial charge in [-0.2, -0.15) is 5.10 Å². The molecule has 1 amide bonds. The number of nitrogens with zero attached hydrogens (tertiary/aromatic N) is 8. The molecule has 0 aliphatic carbocycles. The van der Waals surface area contributed by atoms with Crippen LogP contribution in [0.25, 0.3) is 51.0 Å². The molecule has 4 N–H and O–H groups in total. The molecule has 0 radical (unpaired) electrons. The van der Waals surface area contributed by atoms with E-state index in [1.165, 1.54) is 0 Å². The molecule has 0 fully saturated rings. The van der Waals surface area contributed by atoms with Gasteiger partial charge in [-0.15, -0.1) is 0 Å². The Hall–Kier alpha value is -5.55. The molecular weight excluding hydrogens is 989 g/mol. The number of hydrogen-bond acceptors (Lipinski definition) is 9. The van der Waals surface area contributed by atoms with E-state index < -0.39 is 11.8 Å². The van der Waals surface area contributed by atoms with Gasteiger partial charge in [-0.25, -0.2) is 19.6 Å². The number of ether oxygens (including phenoxy) is 2. The first-order valence-electron chi connectivity index (χ1n) is 20.6. The number of aromatic nitrogens is 7. The van der Waals surface area contributed by atoms with Crippen LogP contribution in [0.1, 0.15) is 28.8 Å². The first kappa shape index (κ1) is 51.8. The molecule has 4 aromatic carbocycles. The zero-order valence-corrected chi connectivity index (χ0v) is 42.2. The third kappa shape index (κ3) is 12.2. The van der Waals surface area contributed by atoms with Crippen LogP contribution in [0.15, 0.2) is 134 Å². The number of aryl methyl sites for hydroxylation is 1. The van der Waals surface area contributed by atoms with Gasteiger partial charge in [0.15, 0.2) is 5.82 Å². The molecule has 352 valence electrons. The Morgan fingerprint density at radius 2 is 1.15 bits per heavy atom. The predicted molar refractivity (Wildman–Crippen MR) is 275 cm³/mol. The highest BCUT2D eigenvalue weighted by Crippen LogP contribution is 2.38. The molecule has 5 heterocycles. The minimum Gasteiger partial charge on any atom is -0.364 e. The van der Waals surface area contributed by atoms with Crippen LogP contribution in [0.2, 0.25) is 30.1 Å². The molecule has 0 atom stereocenters. The van der Waals surface area contributed by atoms with Gasteiger partial charge in [-0.3, -0.25) is 18.5 Å². The highest BCUT2D eigenvalue weighted by Gasteiger charge is 2.26. The molecule has 5 aromatic heterocycles. The molecule has 13 nitrogen and oxygen atoms in total. The average molecular weight is 1040 g/mol. The second-order valence-corrected chi connectivity index (χ2v) is 17.6. The summed E-state index contributed by atoms with van der Waals surface area (Å²) in [6.45, 7) is 4.29. The summed E-state index contributed by atoms with van der Waals surface area (Å²) < 4.78 is 15.5. The fraction of sp³-hybridized carbons (Fsp3) is 0.163. The van der Waals surface area contributed by atoms with Crippen molar-refractivity contribution in [2.24, 2.45) is 11.5 Å². The monoisotopic (exact) mass is 1030 g/mol. The van der Waals surface area contributed by atoms with Crippen molar-refractivity contribution in [1.82, 2.24) is 38.4 Å². The SMILES string of the molecule is COC(C)(OC)N(C)C.Cc1nc(-c2c(-c3cc(Cl)ccc3Cl)nc3ccccn23)n(-c2ccc(Cl)cc2)n1.NC(=O)c1c(-c2cc(Cl)ccc2Cl)nc2ccccn12.NCc1ccc(Cl)cc1. The Bertz CT molecular complexity index is 3150. The quantitative estimate of drug-likeness (QED) is 0.134. The van der Waals surface area contributed by atoms with E-state index in [9.17, 15) is 4.79 Å². The van der Waals surface area contributed by atoms with E-state index in [4.69, 9.17) is 101 Å². The van der Waals surface area contributed by atoms with Crippen molar-refractivity contribution in [2.45, 2.75) is 26.3 Å². The number of pyridine rings is 2. The lowest BCUT2D eigenvalue weighted by Crippen LogP contribution is -2.44. The first-order chi connectivity index (χ1) is 32.5. The zero-order valence-electron chi connectivity index (χ0n) is 37.6. The molecule has 0 aliphatic heterocycles. The van der Waals surface area contributed by atoms with Crippen molar-refractivity contribution in [3.05, 3.63) is 181 Å². The largest absolute Gasteiger partial charge is 0.364 e. The lowest BCUT2D eigenvalue weighted by Gasteiger charge is -2.32. The number of nitrogens with two attached hydrogens (primary N) is 2. The minimum absolute atomic E-state index is 0.282. The summed E-state index contributed by atoms with van der Waals surface area (Å²) in [5.41, 5.74) is 17.6. The van der Waals surface area contributed by atoms with E-state index in [-0.39, 0.29) is 5.69 Å². The lowest BCUT2D eigenvalue weighted by atomic mass is 10.1. The molecule has 19 heteroatoms. The second-order valence-electron chi connectivity index (χ2n) is 15.0. The molecular formula is C49H46Cl6N10O3. The van der Waals surface area contributed by atoms with Crippen LogP contribution in [0.5, 0.6) is 0 Å². The number of benzene rings is 4. The number of fused-ring (bicyclic) bond motifs is 2. The van der Waals surface area contributed by atoms with Crippen LogP contribution < -0.4 is 11.5 Å². The summed E-state index contributed by atoms with van der Waals surface area (Å²) >= 11 is 36.7. The number of primary amides is 1. The van der Waals surface area contributed by atoms with Crippen LogP contribution >= 0.6 is 69.6 Å². The smallest absolute Gasteiger partial charge is 0.268 e. The number of hydrogen-bond donors (Lipinski definition) is 2. The summed E-state index contributed by atoms with van der Waals surface area (Å²) in [6, 6.07) is 36.5. The van der Waals surface area contributed by atoms with E-state index in [0.29, 0.717) is 65.9 Å². The van der Waals surface area contributed by atoms with Gasteiger partial charge in [-0.05, 0) is 124 Å². The summed E-state index contributed by atoms with van der Waals surface area (Å²) in [4.78, 5) is 27.6. The van der Waals surface area contributed by atoms with Crippen molar-refractivity contribution in [3.8, 4) is 39.7 Å². The number of methoxy groups -OCH3 is 2. The summed E-state index contributed by atoms with van der Waals surface area (Å²) in [6.07, 6.45) is 3.67. The van der Waals surface area contributed by atoms with Crippen LogP contribution in [0, 0.1) is 6.92 Å². The van der Waals surface area contributed by atoms with Gasteiger partial charge in [-0.1, -0.05) is 93.9 Å². The number of carbonyl (C=O) groups excluding carboxylic acids is 1. The molecule has 0 bridgehead atoms. The van der Waals surface area contributed by atoms with E-state index in [1.54, 1.807) is 72.0 Å². The molecule has 9 aromatic rings. The van der Waals surface area contributed by atoms with Crippen molar-refractivity contribution in [2.75, 3.05) is 28.3 Å². The van der Waals surface area contributed by atoms with Gasteiger partial charge in [0.2, 0.25) is 5.91 Å². The van der Waals surface area contributed by atoms with Crippen molar-refractivity contribution in [3.63, 3.8) is 0 Å². The molecule has 0 unspecified atom stereocenters. The van der Waals surface area contributed by atoms with Crippen molar-refractivity contribution in [1.29, 1.82) is 0 Å². The van der Waals surface area contributed by atoms with Crippen LogP contribution in [-0.2, 0) is 16.0 Å². The Labute approximate surface area is 423 Å². The number of rotatable bonds is 9. The fourth-order valence-corrected chi connectivity index (χ4v) is 7.58. The number of imidazole rings is 2. The second kappa shape index (κ2) is 23.2. The summed E-state index contributed by atoms with van der Waals surface area (Å²) in [7, 11) is 7.02. The molecule has 9 rings (SSSR count). The Morgan fingerprint density at radius 3 is 1.65 bits per heavy atom. The minimum atomic E-state index is -0.583. The molecule has 0 saturated heterocycles. The Balaban J connectivity index is 0.000000171. The van der Waals surface area contributed by atoms with E-state index in [1.807, 2.05) is 122 Å². The Kier molecular flexibility index (Phi) is 17.7. The van der Waals surface area contributed by atoms with E-state index >= 15 is 0 Å². The fourth-order valence-electron chi connectivity index (χ4n) is 6.57. The highest BCUT2D eigenvalue weighted by atomic mass is 35.5. The van der Waals surface area contributed by atoms with Gasteiger partial charge in [0, 0.05) is 71.3 Å². The van der Waals surface area contributed by atoms with Gasteiger partial charge >= 0.3 is 0 Å². The standard InChI is InChI=1S/C22H14Cl3N5.C14H9Cl2N3O.C7H8ClN.C6H15NO2/c1-13-26-22(30(28-13)16-8-5-14(23)6-9-16)21-20(17-12-15(24)7-10-18(17)25)27-19-4-2-3-11-29(19)21;15-8-4-5-10(16)9(7-8)12-13(14(17)20)19-6-2-1-3-11(19)18-12;8-7-3-1-6(5-9)2-4-7;1-6(8-4,9-5)7(2)3/h2-12H,1H3;1-7H,(H2,17,20);1-4H,5,9H2;1-5H3. The van der Waals surface area contributed by atoms with Crippen molar-refractivity contribution >= 4 is 86.8 Å². The van der Waals surface area contributed by atoms with E-state index in [2.05, 4.69) is 10.1 Å².